The molecule has 8 heteroatoms. The van der Waals surface area contributed by atoms with Crippen LogP contribution in [-0.4, -0.2) is 20.9 Å². The highest BCUT2D eigenvalue weighted by Gasteiger charge is 2.15. The fraction of sp³-hybridized carbons (Fsp3) is 0.133. The van der Waals surface area contributed by atoms with Crippen LogP contribution in [0.2, 0.25) is 5.02 Å². The summed E-state index contributed by atoms with van der Waals surface area (Å²) in [7, 11) is -3.76. The molecule has 3 N–H and O–H groups in total. The third kappa shape index (κ3) is 4.61. The maximum Gasteiger partial charge on any atom is 0.261 e. The van der Waals surface area contributed by atoms with Crippen molar-refractivity contribution in [3.8, 4) is 5.75 Å². The highest BCUT2D eigenvalue weighted by molar-refractivity contribution is 7.92. The van der Waals surface area contributed by atoms with Gasteiger partial charge in [0.25, 0.3) is 15.9 Å². The lowest BCUT2D eigenvalue weighted by Crippen LogP contribution is -2.20. The molecular formula is C15H15ClN2O4S. The number of anilines is 1. The number of carbonyl (C=O) groups excluding carboxylic acids is 1. The Labute approximate surface area is 139 Å². The van der Waals surface area contributed by atoms with Gasteiger partial charge in [-0.25, -0.2) is 8.42 Å². The Kier molecular flexibility index (Phi) is 5.12. The van der Waals surface area contributed by atoms with E-state index in [1.54, 1.807) is 25.1 Å². The van der Waals surface area contributed by atoms with Crippen LogP contribution in [0.1, 0.15) is 5.56 Å². The molecular weight excluding hydrogens is 340 g/mol. The van der Waals surface area contributed by atoms with Gasteiger partial charge in [0.2, 0.25) is 0 Å². The topological polar surface area (TPSA) is 98.5 Å². The molecule has 0 heterocycles. The van der Waals surface area contributed by atoms with Crippen molar-refractivity contribution in [2.45, 2.75) is 11.8 Å². The van der Waals surface area contributed by atoms with Gasteiger partial charge < -0.3 is 10.5 Å². The lowest BCUT2D eigenvalue weighted by molar-refractivity contribution is -0.119. The molecule has 0 saturated heterocycles. The molecule has 0 fully saturated rings. The molecule has 2 aromatic rings. The van der Waals surface area contributed by atoms with E-state index < -0.39 is 15.9 Å². The first kappa shape index (κ1) is 17.1. The van der Waals surface area contributed by atoms with Gasteiger partial charge in [-0.15, -0.1) is 0 Å². The number of carbonyl (C=O) groups is 1. The van der Waals surface area contributed by atoms with Crippen LogP contribution in [-0.2, 0) is 14.8 Å². The summed E-state index contributed by atoms with van der Waals surface area (Å²) in [5, 5.41) is 0.434. The molecule has 0 bridgehead atoms. The lowest BCUT2D eigenvalue weighted by atomic mass is 10.2. The summed E-state index contributed by atoms with van der Waals surface area (Å²) in [4.78, 5) is 10.7. The predicted molar refractivity (Wildman–Crippen MR) is 88.1 cm³/mol. The largest absolute Gasteiger partial charge is 0.484 e. The van der Waals surface area contributed by atoms with Gasteiger partial charge in [-0.1, -0.05) is 17.7 Å². The molecule has 0 saturated carbocycles. The van der Waals surface area contributed by atoms with Crippen LogP contribution in [0.5, 0.6) is 5.75 Å². The van der Waals surface area contributed by atoms with Crippen molar-refractivity contribution in [3.05, 3.63) is 53.1 Å². The average molecular weight is 355 g/mol. The Bertz CT molecular complexity index is 820. The van der Waals surface area contributed by atoms with Gasteiger partial charge in [0, 0.05) is 5.02 Å². The Morgan fingerprint density at radius 2 is 1.87 bits per heavy atom. The standard InChI is InChI=1S/C15H15ClN2O4S/c1-10-2-3-11(16)8-14(10)18-23(20,21)13-6-4-12(5-7-13)22-9-15(17)19/h2-8,18H,9H2,1H3,(H2,17,19). The summed E-state index contributed by atoms with van der Waals surface area (Å²) in [6, 6.07) is 10.6. The summed E-state index contributed by atoms with van der Waals surface area (Å²) < 4.78 is 32.3. The summed E-state index contributed by atoms with van der Waals surface area (Å²) in [5.74, 6) is -0.263. The molecule has 1 amide bonds. The second-order valence-corrected chi connectivity index (χ2v) is 6.91. The van der Waals surface area contributed by atoms with Crippen LogP contribution in [0, 0.1) is 6.92 Å². The summed E-state index contributed by atoms with van der Waals surface area (Å²) in [6.45, 7) is 1.50. The highest BCUT2D eigenvalue weighted by atomic mass is 35.5. The molecule has 0 aliphatic carbocycles. The smallest absolute Gasteiger partial charge is 0.261 e. The van der Waals surface area contributed by atoms with E-state index in [9.17, 15) is 13.2 Å². The van der Waals surface area contributed by atoms with Gasteiger partial charge in [-0.2, -0.15) is 0 Å². The Morgan fingerprint density at radius 1 is 1.22 bits per heavy atom. The molecule has 0 radical (unpaired) electrons. The normalized spacial score (nSPS) is 11.0. The van der Waals surface area contributed by atoms with Crippen molar-refractivity contribution in [3.63, 3.8) is 0 Å². The van der Waals surface area contributed by atoms with Crippen molar-refractivity contribution in [1.29, 1.82) is 0 Å². The zero-order valence-corrected chi connectivity index (χ0v) is 13.8. The maximum absolute atomic E-state index is 12.4. The van der Waals surface area contributed by atoms with Gasteiger partial charge in [0.05, 0.1) is 10.6 Å². The second kappa shape index (κ2) is 6.89. The number of primary amides is 1. The van der Waals surface area contributed by atoms with Gasteiger partial charge >= 0.3 is 0 Å². The maximum atomic E-state index is 12.4. The van der Waals surface area contributed by atoms with Crippen molar-refractivity contribution < 1.29 is 17.9 Å². The van der Waals surface area contributed by atoms with Gasteiger partial charge in [0.15, 0.2) is 6.61 Å². The van der Waals surface area contributed by atoms with Crippen molar-refractivity contribution in [1.82, 2.24) is 0 Å². The number of sulfonamides is 1. The monoisotopic (exact) mass is 354 g/mol. The minimum Gasteiger partial charge on any atom is -0.484 e. The lowest BCUT2D eigenvalue weighted by Gasteiger charge is -2.11. The summed E-state index contributed by atoms with van der Waals surface area (Å²) >= 11 is 5.88. The molecule has 122 valence electrons. The number of amides is 1. The van der Waals surface area contributed by atoms with Crippen molar-refractivity contribution in [2.24, 2.45) is 5.73 Å². The zero-order chi connectivity index (χ0) is 17.0. The zero-order valence-electron chi connectivity index (χ0n) is 12.2. The van der Waals surface area contributed by atoms with Crippen LogP contribution < -0.4 is 15.2 Å². The molecule has 6 nitrogen and oxygen atoms in total. The molecule has 0 aromatic heterocycles. The van der Waals surface area contributed by atoms with E-state index in [0.717, 1.165) is 5.56 Å². The Morgan fingerprint density at radius 3 is 2.48 bits per heavy atom. The molecule has 0 spiro atoms. The number of aryl methyl sites for hydroxylation is 1. The second-order valence-electron chi connectivity index (χ2n) is 4.79. The van der Waals surface area contributed by atoms with E-state index >= 15 is 0 Å². The van der Waals surface area contributed by atoms with Crippen molar-refractivity contribution in [2.75, 3.05) is 11.3 Å². The highest BCUT2D eigenvalue weighted by Crippen LogP contribution is 2.24. The number of halogens is 1. The number of hydrogen-bond donors (Lipinski definition) is 2. The van der Waals surface area contributed by atoms with Gasteiger partial charge in [-0.05, 0) is 48.9 Å². The van der Waals surface area contributed by atoms with E-state index in [2.05, 4.69) is 4.72 Å². The predicted octanol–water partition coefficient (Wildman–Crippen LogP) is 2.31. The quantitative estimate of drug-likeness (QED) is 0.831. The van der Waals surface area contributed by atoms with Crippen molar-refractivity contribution >= 4 is 33.2 Å². The molecule has 0 unspecified atom stereocenters. The van der Waals surface area contributed by atoms with Crippen LogP contribution >= 0.6 is 11.6 Å². The SMILES string of the molecule is Cc1ccc(Cl)cc1NS(=O)(=O)c1ccc(OCC(N)=O)cc1. The van der Waals surface area contributed by atoms with E-state index in [1.807, 2.05) is 0 Å². The summed E-state index contributed by atoms with van der Waals surface area (Å²) in [5.41, 5.74) is 6.13. The first-order valence-corrected chi connectivity index (χ1v) is 8.44. The van der Waals surface area contributed by atoms with E-state index in [1.165, 1.54) is 24.3 Å². The molecule has 2 rings (SSSR count). The number of ether oxygens (including phenoxy) is 1. The molecule has 2 aromatic carbocycles. The van der Waals surface area contributed by atoms with Gasteiger partial charge in [0.1, 0.15) is 5.75 Å². The van der Waals surface area contributed by atoms with E-state index in [4.69, 9.17) is 22.1 Å². The number of hydrogen-bond acceptors (Lipinski definition) is 4. The third-order valence-corrected chi connectivity index (χ3v) is 4.58. The van der Waals surface area contributed by atoms with Gasteiger partial charge in [-0.3, -0.25) is 9.52 Å². The fourth-order valence-electron chi connectivity index (χ4n) is 1.78. The number of benzene rings is 2. The minimum absolute atomic E-state index is 0.0586. The average Bonchev–Trinajstić information content (AvgIpc) is 2.49. The molecule has 0 aliphatic rings. The molecule has 0 atom stereocenters. The fourth-order valence-corrected chi connectivity index (χ4v) is 3.07. The number of rotatable bonds is 6. The Balaban J connectivity index is 2.19. The molecule has 0 aliphatic heterocycles. The van der Waals surface area contributed by atoms with Crippen LogP contribution in [0.15, 0.2) is 47.4 Å². The first-order chi connectivity index (χ1) is 10.8. The number of nitrogens with two attached hydrogens (primary N) is 1. The molecule has 23 heavy (non-hydrogen) atoms. The van der Waals surface area contributed by atoms with Crippen LogP contribution in [0.4, 0.5) is 5.69 Å². The van der Waals surface area contributed by atoms with Crippen LogP contribution in [0.25, 0.3) is 0 Å². The minimum atomic E-state index is -3.76. The van der Waals surface area contributed by atoms with Crippen LogP contribution in [0.3, 0.4) is 0 Å². The van der Waals surface area contributed by atoms with E-state index in [0.29, 0.717) is 16.5 Å². The number of nitrogens with one attached hydrogen (secondary N) is 1. The first-order valence-electron chi connectivity index (χ1n) is 6.58. The summed E-state index contributed by atoms with van der Waals surface area (Å²) in [6.07, 6.45) is 0. The third-order valence-electron chi connectivity index (χ3n) is 2.96. The Hall–Kier alpha value is -2.25. The van der Waals surface area contributed by atoms with E-state index in [-0.39, 0.29) is 11.5 Å².